The molecule has 4 atom stereocenters. The van der Waals surface area contributed by atoms with Gasteiger partial charge in [0.2, 0.25) is 5.95 Å². The molecular formula is C23H27Cl2N6O5P. The Bertz CT molecular complexity index is 1370. The van der Waals surface area contributed by atoms with Gasteiger partial charge in [-0.25, -0.2) is 9.55 Å². The van der Waals surface area contributed by atoms with Gasteiger partial charge in [0.25, 0.3) is 0 Å². The molecule has 0 radical (unpaired) electrons. The molecule has 0 bridgehead atoms. The van der Waals surface area contributed by atoms with Gasteiger partial charge in [-0.1, -0.05) is 35.4 Å². The van der Waals surface area contributed by atoms with Crippen molar-refractivity contribution in [3.63, 3.8) is 0 Å². The summed E-state index contributed by atoms with van der Waals surface area (Å²) in [7, 11) is -4.12. The number of benzene rings is 1. The Morgan fingerprint density at radius 3 is 2.59 bits per heavy atom. The maximum Gasteiger partial charge on any atom is 0.462 e. The van der Waals surface area contributed by atoms with Crippen LogP contribution in [0.1, 0.15) is 33.2 Å². The van der Waals surface area contributed by atoms with Crippen LogP contribution in [-0.4, -0.2) is 54.0 Å². The van der Waals surface area contributed by atoms with Crippen LogP contribution in [0.2, 0.25) is 10.2 Å². The highest BCUT2D eigenvalue weighted by molar-refractivity contribution is 7.51. The van der Waals surface area contributed by atoms with E-state index in [4.69, 9.17) is 38.0 Å². The van der Waals surface area contributed by atoms with E-state index in [-0.39, 0.29) is 35.4 Å². The second-order valence-corrected chi connectivity index (χ2v) is 11.6. The zero-order valence-corrected chi connectivity index (χ0v) is 22.8. The van der Waals surface area contributed by atoms with Crippen molar-refractivity contribution in [2.75, 3.05) is 12.3 Å². The fourth-order valence-corrected chi connectivity index (χ4v) is 6.72. The smallest absolute Gasteiger partial charge is 0.462 e. The van der Waals surface area contributed by atoms with E-state index in [0.717, 1.165) is 0 Å². The number of nitrogen functional groups attached to an aromatic ring is 1. The number of aromatic nitrogens is 4. The quantitative estimate of drug-likeness (QED) is 0.189. The van der Waals surface area contributed by atoms with E-state index in [9.17, 15) is 14.5 Å². The lowest BCUT2D eigenvalue weighted by Gasteiger charge is -2.35. The first-order chi connectivity index (χ1) is 17.5. The largest absolute Gasteiger partial charge is 0.480 e. The lowest BCUT2D eigenvalue weighted by atomic mass is 10.1. The van der Waals surface area contributed by atoms with Crippen molar-refractivity contribution in [3.8, 4) is 5.75 Å². The number of hydrogen-bond donors (Lipinski definition) is 2. The molecule has 3 N–H and O–H groups in total. The molecule has 0 fully saturated rings. The Balaban J connectivity index is 1.54. The van der Waals surface area contributed by atoms with Gasteiger partial charge in [-0.15, -0.1) is 0 Å². The highest BCUT2D eigenvalue weighted by atomic mass is 35.5. The monoisotopic (exact) mass is 568 g/mol. The average molecular weight is 569 g/mol. The van der Waals surface area contributed by atoms with Crippen LogP contribution in [0, 0.1) is 5.92 Å². The Labute approximate surface area is 223 Å². The van der Waals surface area contributed by atoms with Crippen LogP contribution < -0.4 is 10.3 Å². The molecule has 1 aromatic carbocycles. The molecule has 4 rings (SSSR count). The van der Waals surface area contributed by atoms with E-state index in [2.05, 4.69) is 15.0 Å². The molecule has 198 valence electrons. The zero-order valence-electron chi connectivity index (χ0n) is 20.4. The molecule has 0 saturated heterocycles. The van der Waals surface area contributed by atoms with Gasteiger partial charge in [0.1, 0.15) is 17.3 Å². The van der Waals surface area contributed by atoms with Gasteiger partial charge in [-0.2, -0.15) is 14.6 Å². The van der Waals surface area contributed by atoms with Crippen molar-refractivity contribution in [2.24, 2.45) is 5.92 Å². The second kappa shape index (κ2) is 11.0. The number of aliphatic carboxylic acids is 1. The van der Waals surface area contributed by atoms with E-state index in [1.807, 2.05) is 16.7 Å². The van der Waals surface area contributed by atoms with Gasteiger partial charge in [-0.3, -0.25) is 9.32 Å². The number of imidazole rings is 1. The second-order valence-electron chi connectivity index (χ2n) is 8.94. The number of carboxylic acid groups (broad SMARTS) is 1. The summed E-state index contributed by atoms with van der Waals surface area (Å²) in [6, 6.07) is 4.57. The minimum absolute atomic E-state index is 0.0257. The van der Waals surface area contributed by atoms with Crippen LogP contribution in [0.25, 0.3) is 11.2 Å². The highest BCUT2D eigenvalue weighted by Gasteiger charge is 2.44. The molecule has 0 spiro atoms. The number of nitrogens with two attached hydrogens (primary N) is 1. The minimum atomic E-state index is -4.12. The van der Waals surface area contributed by atoms with E-state index < -0.39 is 25.8 Å². The van der Waals surface area contributed by atoms with Gasteiger partial charge in [-0.05, 0) is 51.5 Å². The van der Waals surface area contributed by atoms with Crippen LogP contribution >= 0.6 is 30.9 Å². The third-order valence-corrected chi connectivity index (χ3v) is 8.76. The van der Waals surface area contributed by atoms with Gasteiger partial charge >= 0.3 is 13.7 Å². The number of hydrogen-bond acceptors (Lipinski definition) is 8. The van der Waals surface area contributed by atoms with Crippen LogP contribution in [0.4, 0.5) is 5.95 Å². The van der Waals surface area contributed by atoms with Gasteiger partial charge in [0, 0.05) is 17.0 Å². The van der Waals surface area contributed by atoms with E-state index in [1.54, 1.807) is 44.4 Å². The number of anilines is 1. The Hall–Kier alpha value is -2.69. The molecule has 3 aromatic rings. The van der Waals surface area contributed by atoms with Crippen LogP contribution in [0.3, 0.4) is 0 Å². The SMILES string of the molecule is CC(C)N(C(C)C(=O)O)P(=O)(OC[C@@H]1C=C[C@H](n2cnc3c(Cl)nc(N)nc32)C1)Oc1ccc(Cl)cc1. The first-order valence-electron chi connectivity index (χ1n) is 11.5. The third kappa shape index (κ3) is 5.91. The predicted molar refractivity (Wildman–Crippen MR) is 141 cm³/mol. The van der Waals surface area contributed by atoms with Crippen molar-refractivity contribution >= 4 is 54.0 Å². The summed E-state index contributed by atoms with van der Waals surface area (Å²) in [6.45, 7) is 4.93. The number of carbonyl (C=O) groups is 1. The van der Waals surface area contributed by atoms with Crippen molar-refractivity contribution < 1.29 is 23.5 Å². The van der Waals surface area contributed by atoms with E-state index in [0.29, 0.717) is 22.6 Å². The molecule has 0 amide bonds. The van der Waals surface area contributed by atoms with Crippen molar-refractivity contribution in [1.29, 1.82) is 0 Å². The van der Waals surface area contributed by atoms with E-state index in [1.165, 1.54) is 11.6 Å². The summed E-state index contributed by atoms with van der Waals surface area (Å²) in [5.74, 6) is -1.00. The molecule has 0 aliphatic heterocycles. The molecule has 1 aliphatic carbocycles. The first kappa shape index (κ1) is 27.3. The lowest BCUT2D eigenvalue weighted by Crippen LogP contribution is -2.42. The van der Waals surface area contributed by atoms with E-state index >= 15 is 0 Å². The topological polar surface area (TPSA) is 146 Å². The molecule has 14 heteroatoms. The minimum Gasteiger partial charge on any atom is -0.480 e. The summed E-state index contributed by atoms with van der Waals surface area (Å²) < 4.78 is 29.1. The maximum atomic E-state index is 14.2. The van der Waals surface area contributed by atoms with Crippen molar-refractivity contribution in [2.45, 2.75) is 45.3 Å². The lowest BCUT2D eigenvalue weighted by molar-refractivity contribution is -0.141. The normalized spacial score (nSPS) is 20.0. The number of rotatable bonds is 10. The van der Waals surface area contributed by atoms with Crippen LogP contribution in [0.5, 0.6) is 5.75 Å². The highest BCUT2D eigenvalue weighted by Crippen LogP contribution is 2.55. The van der Waals surface area contributed by atoms with Crippen molar-refractivity contribution in [1.82, 2.24) is 24.2 Å². The number of carboxylic acids is 1. The maximum absolute atomic E-state index is 14.2. The third-order valence-electron chi connectivity index (χ3n) is 5.96. The Kier molecular flexibility index (Phi) is 8.11. The van der Waals surface area contributed by atoms with Crippen LogP contribution in [-0.2, 0) is 13.9 Å². The standard InChI is InChI=1S/C23H27Cl2N6O5P/c1-13(2)31(14(3)22(32)33)37(34,36-18-8-5-16(24)6-9-18)35-11-15-4-7-17(10-15)30-12-27-19-20(25)28-23(26)29-21(19)30/h4-9,12-15,17H,10-11H2,1-3H3,(H,32,33)(H2,26,28,29)/t14?,15-,17+,37?/m1/s1. The molecule has 1 aliphatic rings. The number of nitrogens with zero attached hydrogens (tertiary/aromatic N) is 5. The van der Waals surface area contributed by atoms with Crippen LogP contribution in [0.15, 0.2) is 42.7 Å². The molecule has 37 heavy (non-hydrogen) atoms. The van der Waals surface area contributed by atoms with Gasteiger partial charge in [0.05, 0.1) is 19.0 Å². The predicted octanol–water partition coefficient (Wildman–Crippen LogP) is 5.22. The summed E-state index contributed by atoms with van der Waals surface area (Å²) in [5, 5.41) is 10.3. The first-order valence-corrected chi connectivity index (χ1v) is 13.8. The number of fused-ring (bicyclic) bond motifs is 1. The van der Waals surface area contributed by atoms with Crippen molar-refractivity contribution in [3.05, 3.63) is 52.9 Å². The molecule has 2 heterocycles. The molecular weight excluding hydrogens is 542 g/mol. The Morgan fingerprint density at radius 2 is 1.95 bits per heavy atom. The molecule has 11 nitrogen and oxygen atoms in total. The van der Waals surface area contributed by atoms with Gasteiger partial charge in [0.15, 0.2) is 10.8 Å². The fourth-order valence-electron chi connectivity index (χ4n) is 4.24. The Morgan fingerprint density at radius 1 is 1.24 bits per heavy atom. The average Bonchev–Trinajstić information content (AvgIpc) is 3.46. The summed E-state index contributed by atoms with van der Waals surface area (Å²) >= 11 is 12.1. The zero-order chi connectivity index (χ0) is 26.9. The molecule has 2 unspecified atom stereocenters. The molecule has 2 aromatic heterocycles. The fraction of sp³-hybridized carbons (Fsp3) is 0.391. The summed E-state index contributed by atoms with van der Waals surface area (Å²) in [4.78, 5) is 24.3. The number of allylic oxidation sites excluding steroid dienone is 1. The summed E-state index contributed by atoms with van der Waals surface area (Å²) in [6.07, 6.45) is 6.11. The molecule has 0 saturated carbocycles. The number of halogens is 2. The van der Waals surface area contributed by atoms with Gasteiger partial charge < -0.3 is 19.9 Å². The summed E-state index contributed by atoms with van der Waals surface area (Å²) in [5.41, 5.74) is 6.71.